The van der Waals surface area contributed by atoms with Crippen LogP contribution in [-0.4, -0.2) is 29.3 Å². The third kappa shape index (κ3) is 6.93. The second kappa shape index (κ2) is 10.5. The van der Waals surface area contributed by atoms with Crippen LogP contribution in [0.2, 0.25) is 5.02 Å². The van der Waals surface area contributed by atoms with E-state index in [-0.39, 0.29) is 6.61 Å². The summed E-state index contributed by atoms with van der Waals surface area (Å²) in [6.07, 6.45) is 1.04. The summed E-state index contributed by atoms with van der Waals surface area (Å²) >= 11 is 5.99. The largest absolute Gasteiger partial charge is 0.491 e. The summed E-state index contributed by atoms with van der Waals surface area (Å²) < 4.78 is 11.3. The molecule has 0 spiro atoms. The van der Waals surface area contributed by atoms with E-state index in [0.29, 0.717) is 30.6 Å². The molecule has 2 aromatic carbocycles. The van der Waals surface area contributed by atoms with Crippen LogP contribution in [0.25, 0.3) is 0 Å². The average Bonchev–Trinajstić information content (AvgIpc) is 3.21. The highest BCUT2D eigenvalue weighted by atomic mass is 35.5. The van der Waals surface area contributed by atoms with Crippen molar-refractivity contribution >= 4 is 11.6 Å². The van der Waals surface area contributed by atoms with Crippen LogP contribution in [0.5, 0.6) is 5.75 Å². The zero-order chi connectivity index (χ0) is 20.6. The lowest BCUT2D eigenvalue weighted by atomic mass is 10.0. The first-order valence-electron chi connectivity index (χ1n) is 9.89. The molecular formula is C24H28ClNO3. The van der Waals surface area contributed by atoms with Crippen molar-refractivity contribution in [1.29, 1.82) is 0 Å². The molecule has 5 heteroatoms. The van der Waals surface area contributed by atoms with Gasteiger partial charge in [-0.2, -0.15) is 0 Å². The van der Waals surface area contributed by atoms with Gasteiger partial charge in [0.05, 0.1) is 12.8 Å². The molecular weight excluding hydrogens is 386 g/mol. The second-order valence-corrected chi connectivity index (χ2v) is 8.00. The summed E-state index contributed by atoms with van der Waals surface area (Å²) in [4.78, 5) is 2.14. The van der Waals surface area contributed by atoms with Crippen LogP contribution in [0.15, 0.2) is 71.3 Å². The van der Waals surface area contributed by atoms with Gasteiger partial charge in [0.2, 0.25) is 0 Å². The molecule has 1 heterocycles. The van der Waals surface area contributed by atoms with Gasteiger partial charge in [-0.3, -0.25) is 4.90 Å². The molecule has 0 bridgehead atoms. The minimum absolute atomic E-state index is 0.232. The van der Waals surface area contributed by atoms with Gasteiger partial charge in [-0.05, 0) is 53.4 Å². The number of nitrogens with zero attached hydrogens (tertiary/aromatic N) is 1. The van der Waals surface area contributed by atoms with Crippen molar-refractivity contribution in [1.82, 2.24) is 4.90 Å². The number of ether oxygens (including phenoxy) is 1. The van der Waals surface area contributed by atoms with Gasteiger partial charge in [0.15, 0.2) is 0 Å². The summed E-state index contributed by atoms with van der Waals surface area (Å²) in [7, 11) is 0. The Bertz CT molecular complexity index is 845. The van der Waals surface area contributed by atoms with E-state index in [1.54, 1.807) is 6.26 Å². The van der Waals surface area contributed by atoms with Crippen molar-refractivity contribution in [2.24, 2.45) is 0 Å². The summed E-state index contributed by atoms with van der Waals surface area (Å²) in [6, 6.07) is 19.6. The molecule has 0 aliphatic carbocycles. The van der Waals surface area contributed by atoms with Gasteiger partial charge in [0, 0.05) is 18.1 Å². The molecule has 0 radical (unpaired) electrons. The van der Waals surface area contributed by atoms with E-state index in [4.69, 9.17) is 20.8 Å². The predicted molar refractivity (Wildman–Crippen MR) is 116 cm³/mol. The van der Waals surface area contributed by atoms with E-state index in [9.17, 15) is 5.11 Å². The first kappa shape index (κ1) is 21.4. The number of halogens is 1. The van der Waals surface area contributed by atoms with Gasteiger partial charge in [0.25, 0.3) is 0 Å². The van der Waals surface area contributed by atoms with Crippen molar-refractivity contribution in [3.05, 3.63) is 88.8 Å². The first-order valence-corrected chi connectivity index (χ1v) is 10.3. The third-order valence-electron chi connectivity index (χ3n) is 4.74. The Morgan fingerprint density at radius 2 is 1.72 bits per heavy atom. The van der Waals surface area contributed by atoms with Crippen molar-refractivity contribution in [3.63, 3.8) is 0 Å². The fraction of sp³-hybridized carbons (Fsp3) is 0.333. The van der Waals surface area contributed by atoms with E-state index in [0.717, 1.165) is 17.1 Å². The summed E-state index contributed by atoms with van der Waals surface area (Å²) in [5, 5.41) is 11.3. The van der Waals surface area contributed by atoms with Gasteiger partial charge in [-0.25, -0.2) is 0 Å². The molecule has 154 valence electrons. The van der Waals surface area contributed by atoms with Crippen LogP contribution < -0.4 is 4.74 Å². The average molecular weight is 414 g/mol. The summed E-state index contributed by atoms with van der Waals surface area (Å²) in [5.74, 6) is 2.11. The number of aliphatic hydroxyl groups excluding tert-OH is 1. The molecule has 3 aromatic rings. The van der Waals surface area contributed by atoms with Crippen LogP contribution >= 0.6 is 11.6 Å². The number of benzene rings is 2. The maximum Gasteiger partial charge on any atom is 0.119 e. The molecule has 3 rings (SSSR count). The van der Waals surface area contributed by atoms with E-state index < -0.39 is 6.10 Å². The maximum absolute atomic E-state index is 10.6. The van der Waals surface area contributed by atoms with Gasteiger partial charge in [-0.1, -0.05) is 49.7 Å². The van der Waals surface area contributed by atoms with Crippen LogP contribution in [0.4, 0.5) is 0 Å². The van der Waals surface area contributed by atoms with Crippen molar-refractivity contribution in [2.75, 3.05) is 13.2 Å². The molecule has 0 aliphatic heterocycles. The Labute approximate surface area is 177 Å². The lowest BCUT2D eigenvalue weighted by Crippen LogP contribution is -2.35. The van der Waals surface area contributed by atoms with E-state index in [2.05, 4.69) is 30.9 Å². The smallest absolute Gasteiger partial charge is 0.119 e. The van der Waals surface area contributed by atoms with Gasteiger partial charge < -0.3 is 14.3 Å². The van der Waals surface area contributed by atoms with Gasteiger partial charge in [0.1, 0.15) is 24.2 Å². The number of rotatable bonds is 10. The topological polar surface area (TPSA) is 45.8 Å². The lowest BCUT2D eigenvalue weighted by Gasteiger charge is -2.24. The molecule has 0 aliphatic rings. The lowest BCUT2D eigenvalue weighted by molar-refractivity contribution is 0.0604. The van der Waals surface area contributed by atoms with Crippen molar-refractivity contribution < 1.29 is 14.3 Å². The van der Waals surface area contributed by atoms with Crippen LogP contribution in [0.3, 0.4) is 0 Å². The molecule has 1 unspecified atom stereocenters. The van der Waals surface area contributed by atoms with E-state index in [1.807, 2.05) is 48.5 Å². The highest BCUT2D eigenvalue weighted by molar-refractivity contribution is 6.30. The Morgan fingerprint density at radius 3 is 2.34 bits per heavy atom. The third-order valence-corrected chi connectivity index (χ3v) is 4.99. The zero-order valence-electron chi connectivity index (χ0n) is 16.9. The monoisotopic (exact) mass is 413 g/mol. The quantitative estimate of drug-likeness (QED) is 0.476. The molecule has 0 saturated heterocycles. The van der Waals surface area contributed by atoms with Crippen LogP contribution in [-0.2, 0) is 13.1 Å². The number of hydrogen-bond acceptors (Lipinski definition) is 4. The first-order chi connectivity index (χ1) is 14.0. The SMILES string of the molecule is CC(C)c1ccc(OCC(O)CN(Cc2ccc(Cl)cc2)Cc2ccco2)cc1. The molecule has 1 aromatic heterocycles. The predicted octanol–water partition coefficient (Wildman–Crippen LogP) is 5.50. The molecule has 0 amide bonds. The van der Waals surface area contributed by atoms with Gasteiger partial charge in [-0.15, -0.1) is 0 Å². The normalized spacial score (nSPS) is 12.5. The van der Waals surface area contributed by atoms with Crippen LogP contribution in [0, 0.1) is 0 Å². The fourth-order valence-corrected chi connectivity index (χ4v) is 3.27. The molecule has 0 saturated carbocycles. The molecule has 1 N–H and O–H groups in total. The standard InChI is InChI=1S/C24H28ClNO3/c1-18(2)20-7-11-23(12-8-20)29-17-22(27)15-26(16-24-4-3-13-28-24)14-19-5-9-21(25)10-6-19/h3-13,18,22,27H,14-17H2,1-2H3. The highest BCUT2D eigenvalue weighted by Gasteiger charge is 2.15. The number of hydrogen-bond donors (Lipinski definition) is 1. The Kier molecular flexibility index (Phi) is 7.76. The summed E-state index contributed by atoms with van der Waals surface area (Å²) in [6.45, 7) is 6.30. The van der Waals surface area contributed by atoms with E-state index in [1.165, 1.54) is 5.56 Å². The molecule has 1 atom stereocenters. The van der Waals surface area contributed by atoms with Crippen LogP contribution in [0.1, 0.15) is 36.7 Å². The maximum atomic E-state index is 10.6. The van der Waals surface area contributed by atoms with E-state index >= 15 is 0 Å². The molecule has 0 fully saturated rings. The van der Waals surface area contributed by atoms with Gasteiger partial charge >= 0.3 is 0 Å². The highest BCUT2D eigenvalue weighted by Crippen LogP contribution is 2.19. The Hall–Kier alpha value is -2.27. The minimum Gasteiger partial charge on any atom is -0.491 e. The Morgan fingerprint density at radius 1 is 1.00 bits per heavy atom. The molecule has 4 nitrogen and oxygen atoms in total. The second-order valence-electron chi connectivity index (χ2n) is 7.56. The minimum atomic E-state index is -0.623. The Balaban J connectivity index is 1.57. The van der Waals surface area contributed by atoms with Crippen molar-refractivity contribution in [3.8, 4) is 5.75 Å². The fourth-order valence-electron chi connectivity index (χ4n) is 3.15. The summed E-state index contributed by atoms with van der Waals surface area (Å²) in [5.41, 5.74) is 2.39. The number of aliphatic hydroxyl groups is 1. The van der Waals surface area contributed by atoms with Crippen molar-refractivity contribution in [2.45, 2.75) is 39.0 Å². The number of furan rings is 1. The zero-order valence-corrected chi connectivity index (χ0v) is 17.7. The molecule has 29 heavy (non-hydrogen) atoms.